The molecule has 0 spiro atoms. The van der Waals surface area contributed by atoms with Gasteiger partial charge in [0, 0.05) is 19.6 Å². The number of carboxylic acids is 2. The van der Waals surface area contributed by atoms with Gasteiger partial charge in [-0.2, -0.15) is 0 Å². The molecule has 6 rings (SSSR count). The molecule has 0 amide bonds. The number of aryl methyl sites for hydroxylation is 1. The van der Waals surface area contributed by atoms with E-state index in [1.165, 1.54) is 28.1 Å². The molecule has 4 aromatic rings. The molecule has 1 fully saturated rings. The Morgan fingerprint density at radius 1 is 0.739 bits per heavy atom. The summed E-state index contributed by atoms with van der Waals surface area (Å²) < 4.78 is 2.20. The maximum Gasteiger partial charge on any atom is 0.335 e. The molecule has 2 aliphatic rings. The average Bonchev–Trinajstić information content (AvgIpc) is 3.46. The Labute approximate surface area is 267 Å². The first kappa shape index (κ1) is 32.6. The highest BCUT2D eigenvalue weighted by Gasteiger charge is 2.29. The van der Waals surface area contributed by atoms with Crippen LogP contribution in [0.3, 0.4) is 0 Å². The molecule has 0 bridgehead atoms. The Morgan fingerprint density at radius 3 is 1.80 bits per heavy atom. The van der Waals surface area contributed by atoms with E-state index in [2.05, 4.69) is 109 Å². The van der Waals surface area contributed by atoms with Crippen molar-refractivity contribution in [2.24, 2.45) is 0 Å². The number of likely N-dealkylation sites (tertiary alicyclic amines) is 1. The molecule has 2 aliphatic heterocycles. The third-order valence-electron chi connectivity index (χ3n) is 8.33. The fourth-order valence-corrected chi connectivity index (χ4v) is 6.03. The summed E-state index contributed by atoms with van der Waals surface area (Å²) in [6.45, 7) is 7.27. The third-order valence-corrected chi connectivity index (χ3v) is 8.33. The normalized spacial score (nSPS) is 15.5. The van der Waals surface area contributed by atoms with Crippen molar-refractivity contribution in [2.45, 2.75) is 44.9 Å². The monoisotopic (exact) mass is 625 g/mol. The summed E-state index contributed by atoms with van der Waals surface area (Å²) in [5.41, 5.74) is 8.16. The van der Waals surface area contributed by atoms with Gasteiger partial charge < -0.3 is 30.2 Å². The number of carbonyl (C=O) groups is 2. The second-order valence-electron chi connectivity index (χ2n) is 11.4. The van der Waals surface area contributed by atoms with Crippen molar-refractivity contribution in [1.29, 1.82) is 0 Å². The number of piperidine rings is 1. The van der Waals surface area contributed by atoms with Crippen molar-refractivity contribution < 1.29 is 30.0 Å². The van der Waals surface area contributed by atoms with Crippen molar-refractivity contribution in [3.63, 3.8) is 0 Å². The van der Waals surface area contributed by atoms with E-state index in [0.717, 1.165) is 63.6 Å². The van der Waals surface area contributed by atoms with Gasteiger partial charge in [-0.3, -0.25) is 4.57 Å². The topological polar surface area (TPSA) is 152 Å². The number of aliphatic hydroxyl groups excluding tert-OH is 2. The zero-order valence-corrected chi connectivity index (χ0v) is 25.7. The minimum absolute atomic E-state index is 0.822. The van der Waals surface area contributed by atoms with Gasteiger partial charge in [0.15, 0.2) is 18.0 Å². The van der Waals surface area contributed by atoms with Gasteiger partial charge in [0.25, 0.3) is 0 Å². The number of fused-ring (bicyclic) bond motifs is 3. The van der Waals surface area contributed by atoms with Crippen molar-refractivity contribution in [2.75, 3.05) is 31.1 Å². The largest absolute Gasteiger partial charge is 0.479 e. The van der Waals surface area contributed by atoms with Crippen LogP contribution in [-0.2, 0) is 16.1 Å². The molecule has 11 heteroatoms. The van der Waals surface area contributed by atoms with E-state index >= 15 is 0 Å². The molecule has 4 N–H and O–H groups in total. The molecule has 0 saturated carbocycles. The lowest BCUT2D eigenvalue weighted by Crippen LogP contribution is -2.39. The Bertz CT molecular complexity index is 1600. The lowest BCUT2D eigenvalue weighted by atomic mass is 9.88. The highest BCUT2D eigenvalue weighted by molar-refractivity contribution is 5.83. The van der Waals surface area contributed by atoms with E-state index in [9.17, 15) is 9.59 Å². The van der Waals surface area contributed by atoms with Crippen LogP contribution in [0.4, 0.5) is 5.69 Å². The summed E-state index contributed by atoms with van der Waals surface area (Å²) in [4.78, 5) is 24.7. The first-order valence-electron chi connectivity index (χ1n) is 15.4. The molecule has 11 nitrogen and oxygen atoms in total. The zero-order valence-electron chi connectivity index (χ0n) is 25.7. The summed E-state index contributed by atoms with van der Waals surface area (Å²) in [5, 5.41) is 41.3. The Hall–Kier alpha value is -4.84. The summed E-state index contributed by atoms with van der Waals surface area (Å²) in [6, 6.07) is 30.4. The van der Waals surface area contributed by atoms with Gasteiger partial charge in [-0.15, -0.1) is 10.2 Å². The van der Waals surface area contributed by atoms with E-state index < -0.39 is 24.1 Å². The Morgan fingerprint density at radius 2 is 1.26 bits per heavy atom. The van der Waals surface area contributed by atoms with Crippen molar-refractivity contribution in [1.82, 2.24) is 19.7 Å². The van der Waals surface area contributed by atoms with Crippen molar-refractivity contribution in [3.8, 4) is 5.69 Å². The van der Waals surface area contributed by atoms with Gasteiger partial charge in [-0.25, -0.2) is 9.59 Å². The second-order valence-corrected chi connectivity index (χ2v) is 11.4. The summed E-state index contributed by atoms with van der Waals surface area (Å²) in [5.74, 6) is -1.54. The van der Waals surface area contributed by atoms with Crippen LogP contribution in [0.25, 0.3) is 11.3 Å². The van der Waals surface area contributed by atoms with E-state index in [0.29, 0.717) is 0 Å². The Kier molecular flexibility index (Phi) is 10.6. The lowest BCUT2D eigenvalue weighted by Gasteiger charge is -2.33. The third kappa shape index (κ3) is 7.51. The first-order chi connectivity index (χ1) is 22.2. The zero-order chi connectivity index (χ0) is 32.6. The maximum atomic E-state index is 9.77. The number of aromatic nitrogens is 3. The molecule has 1 saturated heterocycles. The lowest BCUT2D eigenvalue weighted by molar-refractivity contribution is -0.165. The SMILES string of the molecule is Cc1nnc2n1-c1ccccc1N(CCCN1CCC(=C(c3ccccc3)c3ccccc3)CC1)C2.O=C(O)C(O)C(O)C(=O)O. The van der Waals surface area contributed by atoms with Gasteiger partial charge in [-0.05, 0) is 61.6 Å². The van der Waals surface area contributed by atoms with Gasteiger partial charge >= 0.3 is 11.9 Å². The molecular formula is C35H39N5O6. The van der Waals surface area contributed by atoms with Crippen molar-refractivity contribution in [3.05, 3.63) is 113 Å². The molecule has 3 aromatic carbocycles. The van der Waals surface area contributed by atoms with Gasteiger partial charge in [0.05, 0.1) is 17.9 Å². The van der Waals surface area contributed by atoms with E-state index in [4.69, 9.17) is 20.4 Å². The molecule has 2 unspecified atom stereocenters. The predicted octanol–water partition coefficient (Wildman–Crippen LogP) is 3.76. The van der Waals surface area contributed by atoms with Crippen LogP contribution in [0.1, 0.15) is 42.0 Å². The number of para-hydroxylation sites is 2. The number of rotatable bonds is 9. The van der Waals surface area contributed by atoms with E-state index in [-0.39, 0.29) is 0 Å². The number of anilines is 1. The fourth-order valence-electron chi connectivity index (χ4n) is 6.03. The number of aliphatic hydroxyl groups is 2. The van der Waals surface area contributed by atoms with Crippen LogP contribution in [0.15, 0.2) is 90.5 Å². The average molecular weight is 626 g/mol. The van der Waals surface area contributed by atoms with Gasteiger partial charge in [0.1, 0.15) is 5.82 Å². The van der Waals surface area contributed by atoms with Crippen LogP contribution in [0.5, 0.6) is 0 Å². The molecule has 240 valence electrons. The van der Waals surface area contributed by atoms with Crippen LogP contribution in [0, 0.1) is 6.92 Å². The molecule has 0 radical (unpaired) electrons. The van der Waals surface area contributed by atoms with E-state index in [1.54, 1.807) is 5.57 Å². The second kappa shape index (κ2) is 15.0. The van der Waals surface area contributed by atoms with Crippen LogP contribution < -0.4 is 4.90 Å². The summed E-state index contributed by atoms with van der Waals surface area (Å²) in [6.07, 6.45) is -1.12. The van der Waals surface area contributed by atoms with E-state index in [1.807, 2.05) is 6.92 Å². The molecule has 0 aliphatic carbocycles. The van der Waals surface area contributed by atoms with Gasteiger partial charge in [-0.1, -0.05) is 78.4 Å². The number of nitrogens with zero attached hydrogens (tertiary/aromatic N) is 5. The quantitative estimate of drug-likeness (QED) is 0.216. The smallest absolute Gasteiger partial charge is 0.335 e. The molecule has 46 heavy (non-hydrogen) atoms. The predicted molar refractivity (Wildman–Crippen MR) is 174 cm³/mol. The van der Waals surface area contributed by atoms with Crippen molar-refractivity contribution >= 4 is 23.2 Å². The van der Waals surface area contributed by atoms with Crippen LogP contribution in [-0.4, -0.2) is 90.4 Å². The Balaban J connectivity index is 0.000000362. The van der Waals surface area contributed by atoms with Crippen LogP contribution in [0.2, 0.25) is 0 Å². The summed E-state index contributed by atoms with van der Waals surface area (Å²) in [7, 11) is 0. The summed E-state index contributed by atoms with van der Waals surface area (Å²) >= 11 is 0. The van der Waals surface area contributed by atoms with Gasteiger partial charge in [0.2, 0.25) is 0 Å². The minimum Gasteiger partial charge on any atom is -0.479 e. The number of benzene rings is 3. The highest BCUT2D eigenvalue weighted by atomic mass is 16.4. The molecule has 3 heterocycles. The molecule has 1 aromatic heterocycles. The highest BCUT2D eigenvalue weighted by Crippen LogP contribution is 2.34. The number of hydrogen-bond donors (Lipinski definition) is 4. The standard InChI is InChI=1S/C31H33N5.C4H6O6/c1-24-32-33-30-23-35(28-15-8-9-16-29(28)36(24)30)20-10-19-34-21-17-27(18-22-34)31(25-11-4-2-5-12-25)26-13-6-3-7-14-26;5-1(3(7)8)2(6)4(9)10/h2-9,11-16H,10,17-23H2,1H3;1-2,5-6H,(H,7,8)(H,9,10). The molecular weight excluding hydrogens is 586 g/mol. The number of aliphatic carboxylic acids is 2. The number of hydrogen-bond acceptors (Lipinski definition) is 8. The number of carboxylic acid groups (broad SMARTS) is 2. The first-order valence-corrected chi connectivity index (χ1v) is 15.4. The molecule has 2 atom stereocenters. The fraction of sp³-hybridized carbons (Fsp3) is 0.314. The minimum atomic E-state index is -2.27. The van der Waals surface area contributed by atoms with Crippen LogP contribution >= 0.6 is 0 Å². The maximum absolute atomic E-state index is 9.77.